The predicted molar refractivity (Wildman–Crippen MR) is 213 cm³/mol. The van der Waals surface area contributed by atoms with Crippen LogP contribution in [0.1, 0.15) is 22.6 Å². The van der Waals surface area contributed by atoms with Crippen LogP contribution in [0.3, 0.4) is 0 Å². The summed E-state index contributed by atoms with van der Waals surface area (Å²) in [5, 5.41) is 7.10. The minimum Gasteiger partial charge on any atom is -0.455 e. The zero-order valence-electron chi connectivity index (χ0n) is 27.2. The Balaban J connectivity index is 1.18. The zero-order valence-corrected chi connectivity index (χ0v) is 28.0. The van der Waals surface area contributed by atoms with Crippen molar-refractivity contribution in [1.29, 1.82) is 0 Å². The maximum Gasteiger partial charge on any atom is 0.143 e. The smallest absolute Gasteiger partial charge is 0.143 e. The fourth-order valence-corrected chi connectivity index (χ4v) is 8.77. The molecule has 1 unspecified atom stereocenters. The van der Waals surface area contributed by atoms with Crippen molar-refractivity contribution in [3.05, 3.63) is 199 Å². The maximum atomic E-state index is 6.87. The van der Waals surface area contributed by atoms with Crippen LogP contribution in [-0.4, -0.2) is 0 Å². The van der Waals surface area contributed by atoms with Gasteiger partial charge >= 0.3 is 0 Å². The van der Waals surface area contributed by atoms with Crippen LogP contribution in [0.4, 0.5) is 17.1 Å². The van der Waals surface area contributed by atoms with Crippen LogP contribution in [0.2, 0.25) is 0 Å². The standard InChI is InChI=1S/C47H31NOS/c1-4-14-31(15-5-1)46(32-25-27-45-40(28-32)38-21-12-13-23-44(38)50-45)33-24-26-37-41-30-42(36-20-10-11-22-39(36)47(41)49-43(37)29-33)48(34-16-6-2-7-17-34)35-18-8-3-9-19-35/h1-30,46H. The average Bonchev–Trinajstić information content (AvgIpc) is 3.74. The van der Waals surface area contributed by atoms with Gasteiger partial charge in [-0.2, -0.15) is 0 Å². The lowest BCUT2D eigenvalue weighted by molar-refractivity contribution is 0.671. The molecule has 0 bridgehead atoms. The molecule has 0 aliphatic rings. The van der Waals surface area contributed by atoms with Gasteiger partial charge in [-0.1, -0.05) is 127 Å². The summed E-state index contributed by atoms with van der Waals surface area (Å²) in [7, 11) is 0. The molecule has 0 saturated carbocycles. The Morgan fingerprint density at radius 2 is 0.980 bits per heavy atom. The van der Waals surface area contributed by atoms with E-state index in [1.165, 1.54) is 36.9 Å². The highest BCUT2D eigenvalue weighted by molar-refractivity contribution is 7.25. The summed E-state index contributed by atoms with van der Waals surface area (Å²) in [4.78, 5) is 2.35. The Morgan fingerprint density at radius 3 is 1.72 bits per heavy atom. The second-order valence-electron chi connectivity index (χ2n) is 12.9. The second-order valence-corrected chi connectivity index (χ2v) is 14.0. The van der Waals surface area contributed by atoms with E-state index in [0.717, 1.165) is 49.8 Å². The van der Waals surface area contributed by atoms with Gasteiger partial charge in [-0.05, 0) is 71.3 Å². The van der Waals surface area contributed by atoms with Crippen molar-refractivity contribution >= 4 is 81.3 Å². The van der Waals surface area contributed by atoms with E-state index in [1.54, 1.807) is 0 Å². The van der Waals surface area contributed by atoms with Crippen molar-refractivity contribution in [3.8, 4) is 0 Å². The van der Waals surface area contributed by atoms with Crippen LogP contribution < -0.4 is 4.90 Å². The Morgan fingerprint density at radius 1 is 0.400 bits per heavy atom. The van der Waals surface area contributed by atoms with E-state index < -0.39 is 0 Å². The number of fused-ring (bicyclic) bond motifs is 8. The highest BCUT2D eigenvalue weighted by Crippen LogP contribution is 2.45. The summed E-state index contributed by atoms with van der Waals surface area (Å²) < 4.78 is 9.51. The first kappa shape index (κ1) is 28.8. The van der Waals surface area contributed by atoms with Crippen LogP contribution in [-0.2, 0) is 0 Å². The van der Waals surface area contributed by atoms with E-state index in [0.29, 0.717) is 0 Å². The molecule has 0 spiro atoms. The SMILES string of the molecule is c1ccc(C(c2ccc3c(c2)oc2c4ccccc4c(N(c4ccccc4)c4ccccc4)cc32)c2ccc3sc4ccccc4c3c2)cc1. The van der Waals surface area contributed by atoms with Gasteiger partial charge in [-0.3, -0.25) is 0 Å². The molecule has 8 aromatic carbocycles. The molecule has 236 valence electrons. The number of anilines is 3. The van der Waals surface area contributed by atoms with Crippen LogP contribution in [0, 0.1) is 0 Å². The third-order valence-electron chi connectivity index (χ3n) is 9.95. The van der Waals surface area contributed by atoms with E-state index in [-0.39, 0.29) is 5.92 Å². The highest BCUT2D eigenvalue weighted by Gasteiger charge is 2.23. The predicted octanol–water partition coefficient (Wildman–Crippen LogP) is 13.8. The fraction of sp³-hybridized carbons (Fsp3) is 0.0213. The average molecular weight is 658 g/mol. The molecule has 50 heavy (non-hydrogen) atoms. The molecule has 0 aliphatic carbocycles. The molecule has 0 fully saturated rings. The summed E-state index contributed by atoms with van der Waals surface area (Å²) in [5.74, 6) is 0.0517. The third kappa shape index (κ3) is 4.70. The first-order valence-corrected chi connectivity index (χ1v) is 17.9. The maximum absolute atomic E-state index is 6.87. The number of hydrogen-bond acceptors (Lipinski definition) is 3. The number of thiophene rings is 1. The number of furan rings is 1. The van der Waals surface area contributed by atoms with Gasteiger partial charge in [-0.25, -0.2) is 0 Å². The van der Waals surface area contributed by atoms with E-state index in [4.69, 9.17) is 4.42 Å². The first-order chi connectivity index (χ1) is 24.8. The van der Waals surface area contributed by atoms with Gasteiger partial charge in [0.2, 0.25) is 0 Å². The third-order valence-corrected chi connectivity index (χ3v) is 11.1. The molecule has 0 saturated heterocycles. The summed E-state index contributed by atoms with van der Waals surface area (Å²) in [5.41, 5.74) is 8.90. The van der Waals surface area contributed by atoms with Gasteiger partial charge in [0, 0.05) is 59.0 Å². The molecule has 10 rings (SSSR count). The molecule has 2 nitrogen and oxygen atoms in total. The minimum absolute atomic E-state index is 0.0517. The first-order valence-electron chi connectivity index (χ1n) is 17.0. The molecule has 10 aromatic rings. The van der Waals surface area contributed by atoms with E-state index in [9.17, 15) is 0 Å². The summed E-state index contributed by atoms with van der Waals surface area (Å²) in [6.07, 6.45) is 0. The van der Waals surface area contributed by atoms with Crippen molar-refractivity contribution in [1.82, 2.24) is 0 Å². The number of nitrogens with zero attached hydrogens (tertiary/aromatic N) is 1. The molecule has 0 N–H and O–H groups in total. The van der Waals surface area contributed by atoms with Crippen molar-refractivity contribution < 1.29 is 4.42 Å². The summed E-state index contributed by atoms with van der Waals surface area (Å²) >= 11 is 1.86. The van der Waals surface area contributed by atoms with Crippen molar-refractivity contribution in [2.45, 2.75) is 5.92 Å². The fourth-order valence-electron chi connectivity index (χ4n) is 7.69. The van der Waals surface area contributed by atoms with Gasteiger partial charge in [-0.15, -0.1) is 11.3 Å². The molecule has 0 aliphatic heterocycles. The highest BCUT2D eigenvalue weighted by atomic mass is 32.1. The van der Waals surface area contributed by atoms with Gasteiger partial charge in [0.1, 0.15) is 11.2 Å². The number of benzene rings is 8. The van der Waals surface area contributed by atoms with Crippen LogP contribution in [0.5, 0.6) is 0 Å². The lowest BCUT2D eigenvalue weighted by Crippen LogP contribution is -2.10. The Hall–Kier alpha value is -6.16. The van der Waals surface area contributed by atoms with Gasteiger partial charge in [0.05, 0.1) is 5.69 Å². The Kier molecular flexibility index (Phi) is 6.78. The molecular formula is C47H31NOS. The summed E-state index contributed by atoms with van der Waals surface area (Å²) in [6.45, 7) is 0. The molecule has 1 atom stereocenters. The molecule has 0 radical (unpaired) electrons. The Bertz CT molecular complexity index is 2780. The van der Waals surface area contributed by atoms with E-state index in [2.05, 4.69) is 187 Å². The summed E-state index contributed by atoms with van der Waals surface area (Å²) in [6, 6.07) is 65.6. The number of hydrogen-bond donors (Lipinski definition) is 0. The van der Waals surface area contributed by atoms with E-state index in [1.807, 2.05) is 11.3 Å². The van der Waals surface area contributed by atoms with E-state index >= 15 is 0 Å². The lowest BCUT2D eigenvalue weighted by atomic mass is 9.84. The van der Waals surface area contributed by atoms with Crippen LogP contribution in [0.25, 0.3) is 52.9 Å². The van der Waals surface area contributed by atoms with Crippen molar-refractivity contribution in [3.63, 3.8) is 0 Å². The second kappa shape index (κ2) is 11.8. The van der Waals surface area contributed by atoms with Crippen molar-refractivity contribution in [2.75, 3.05) is 4.90 Å². The topological polar surface area (TPSA) is 16.4 Å². The normalized spacial score (nSPS) is 12.3. The molecule has 3 heteroatoms. The van der Waals surface area contributed by atoms with Gasteiger partial charge < -0.3 is 9.32 Å². The minimum atomic E-state index is 0.0517. The van der Waals surface area contributed by atoms with Crippen LogP contribution in [0.15, 0.2) is 186 Å². The Labute approximate surface area is 294 Å². The van der Waals surface area contributed by atoms with Gasteiger partial charge in [0.25, 0.3) is 0 Å². The monoisotopic (exact) mass is 657 g/mol. The number of rotatable bonds is 6. The zero-order chi connectivity index (χ0) is 33.0. The number of para-hydroxylation sites is 2. The quantitative estimate of drug-likeness (QED) is 0.165. The molecule has 2 heterocycles. The van der Waals surface area contributed by atoms with Crippen molar-refractivity contribution in [2.24, 2.45) is 0 Å². The van der Waals surface area contributed by atoms with Gasteiger partial charge in [0.15, 0.2) is 0 Å². The lowest BCUT2D eigenvalue weighted by Gasteiger charge is -2.27. The van der Waals surface area contributed by atoms with Crippen LogP contribution >= 0.6 is 11.3 Å². The molecule has 2 aromatic heterocycles. The molecular weight excluding hydrogens is 627 g/mol. The molecule has 0 amide bonds. The largest absolute Gasteiger partial charge is 0.455 e.